The van der Waals surface area contributed by atoms with Gasteiger partial charge in [0.2, 0.25) is 0 Å². The van der Waals surface area contributed by atoms with Gasteiger partial charge in [-0.2, -0.15) is 5.10 Å². The fraction of sp³-hybridized carbons (Fsp3) is 0.286. The third-order valence-corrected chi connectivity index (χ3v) is 3.34. The van der Waals surface area contributed by atoms with E-state index in [9.17, 15) is 4.79 Å². The van der Waals surface area contributed by atoms with Crippen molar-refractivity contribution in [2.75, 3.05) is 0 Å². The number of carbonyl (C=O) groups is 1. The lowest BCUT2D eigenvalue weighted by atomic mass is 10.2. The van der Waals surface area contributed by atoms with Crippen LogP contribution in [0.3, 0.4) is 0 Å². The van der Waals surface area contributed by atoms with Gasteiger partial charge in [0.05, 0.1) is 11.4 Å². The Morgan fingerprint density at radius 2 is 2.00 bits per heavy atom. The number of carbonyl (C=O) groups excluding carboxylic acids is 1. The highest BCUT2D eigenvalue weighted by Crippen LogP contribution is 2.25. The average Bonchev–Trinajstić information content (AvgIpc) is 2.94. The van der Waals surface area contributed by atoms with E-state index in [0.717, 1.165) is 30.7 Å². The molecule has 1 aliphatic carbocycles. The van der Waals surface area contributed by atoms with Crippen LogP contribution in [0.4, 0.5) is 0 Å². The number of aromatic nitrogens is 2. The number of aryl methyl sites for hydroxylation is 1. The first-order chi connectivity index (χ1) is 8.27. The average molecular weight is 226 g/mol. The van der Waals surface area contributed by atoms with Crippen LogP contribution in [0.5, 0.6) is 0 Å². The molecule has 0 spiro atoms. The van der Waals surface area contributed by atoms with E-state index in [4.69, 9.17) is 0 Å². The Morgan fingerprint density at radius 3 is 2.76 bits per heavy atom. The Morgan fingerprint density at radius 1 is 1.24 bits per heavy atom. The highest BCUT2D eigenvalue weighted by atomic mass is 16.2. The number of fused-ring (bicyclic) bond motifs is 1. The SMILES string of the molecule is Cc1nn(C(=O)c2ccccc2)c2c1CCC2. The van der Waals surface area contributed by atoms with Gasteiger partial charge in [-0.3, -0.25) is 4.79 Å². The predicted octanol–water partition coefficient (Wildman–Crippen LogP) is 2.37. The summed E-state index contributed by atoms with van der Waals surface area (Å²) in [6, 6.07) is 9.34. The van der Waals surface area contributed by atoms with Crippen molar-refractivity contribution in [1.29, 1.82) is 0 Å². The zero-order chi connectivity index (χ0) is 11.8. The Hall–Kier alpha value is -1.90. The van der Waals surface area contributed by atoms with Gasteiger partial charge < -0.3 is 0 Å². The minimum absolute atomic E-state index is 0.0168. The summed E-state index contributed by atoms with van der Waals surface area (Å²) in [7, 11) is 0. The molecular formula is C14H14N2O. The molecule has 1 heterocycles. The molecule has 86 valence electrons. The first-order valence-corrected chi connectivity index (χ1v) is 5.94. The van der Waals surface area contributed by atoms with Crippen molar-refractivity contribution in [2.45, 2.75) is 26.2 Å². The molecule has 2 aromatic rings. The van der Waals surface area contributed by atoms with E-state index in [0.29, 0.717) is 5.56 Å². The minimum atomic E-state index is -0.0168. The number of nitrogens with zero attached hydrogens (tertiary/aromatic N) is 2. The molecule has 3 nitrogen and oxygen atoms in total. The molecule has 0 N–H and O–H groups in total. The first-order valence-electron chi connectivity index (χ1n) is 5.94. The molecule has 0 saturated heterocycles. The van der Waals surface area contributed by atoms with Crippen LogP contribution in [0.25, 0.3) is 0 Å². The van der Waals surface area contributed by atoms with Gasteiger partial charge in [-0.05, 0) is 43.9 Å². The van der Waals surface area contributed by atoms with Crippen molar-refractivity contribution in [3.8, 4) is 0 Å². The number of benzene rings is 1. The van der Waals surface area contributed by atoms with Crippen LogP contribution in [0.1, 0.15) is 33.7 Å². The molecule has 0 radical (unpaired) electrons. The lowest BCUT2D eigenvalue weighted by Crippen LogP contribution is -2.16. The van der Waals surface area contributed by atoms with Gasteiger partial charge in [-0.25, -0.2) is 4.68 Å². The molecule has 1 aromatic heterocycles. The molecule has 1 aromatic carbocycles. The zero-order valence-corrected chi connectivity index (χ0v) is 9.81. The second-order valence-corrected chi connectivity index (χ2v) is 4.45. The summed E-state index contributed by atoms with van der Waals surface area (Å²) in [5.74, 6) is -0.0168. The van der Waals surface area contributed by atoms with Crippen LogP contribution in [0.15, 0.2) is 30.3 Å². The Balaban J connectivity index is 2.06. The lowest BCUT2D eigenvalue weighted by molar-refractivity contribution is 0.0941. The summed E-state index contributed by atoms with van der Waals surface area (Å²) in [6.07, 6.45) is 3.16. The minimum Gasteiger partial charge on any atom is -0.267 e. The maximum absolute atomic E-state index is 12.3. The summed E-state index contributed by atoms with van der Waals surface area (Å²) >= 11 is 0. The molecule has 0 bridgehead atoms. The molecule has 3 heteroatoms. The molecule has 1 aliphatic rings. The van der Waals surface area contributed by atoms with Crippen molar-refractivity contribution >= 4 is 5.91 Å². The lowest BCUT2D eigenvalue weighted by Gasteiger charge is -2.03. The van der Waals surface area contributed by atoms with Crippen molar-refractivity contribution in [1.82, 2.24) is 9.78 Å². The summed E-state index contributed by atoms with van der Waals surface area (Å²) in [6.45, 7) is 1.99. The van der Waals surface area contributed by atoms with E-state index < -0.39 is 0 Å². The van der Waals surface area contributed by atoms with Gasteiger partial charge in [0.1, 0.15) is 0 Å². The third-order valence-electron chi connectivity index (χ3n) is 3.34. The van der Waals surface area contributed by atoms with E-state index in [1.54, 1.807) is 4.68 Å². The summed E-state index contributed by atoms with van der Waals surface area (Å²) in [4.78, 5) is 12.3. The van der Waals surface area contributed by atoms with Crippen molar-refractivity contribution < 1.29 is 4.79 Å². The number of hydrogen-bond acceptors (Lipinski definition) is 2. The maximum Gasteiger partial charge on any atom is 0.278 e. The highest BCUT2D eigenvalue weighted by Gasteiger charge is 2.23. The van der Waals surface area contributed by atoms with Crippen molar-refractivity contribution in [3.63, 3.8) is 0 Å². The van der Waals surface area contributed by atoms with E-state index in [2.05, 4.69) is 5.10 Å². The number of hydrogen-bond donors (Lipinski definition) is 0. The summed E-state index contributed by atoms with van der Waals surface area (Å²) < 4.78 is 1.59. The molecule has 17 heavy (non-hydrogen) atoms. The van der Waals surface area contributed by atoms with Gasteiger partial charge in [0.25, 0.3) is 5.91 Å². The second kappa shape index (κ2) is 3.84. The van der Waals surface area contributed by atoms with E-state index >= 15 is 0 Å². The maximum atomic E-state index is 12.3. The summed E-state index contributed by atoms with van der Waals surface area (Å²) in [5, 5.41) is 4.38. The van der Waals surface area contributed by atoms with Gasteiger partial charge in [0, 0.05) is 5.56 Å². The standard InChI is InChI=1S/C14H14N2O/c1-10-12-8-5-9-13(12)16(15-10)14(17)11-6-3-2-4-7-11/h2-4,6-7H,5,8-9H2,1H3. The topological polar surface area (TPSA) is 34.9 Å². The molecule has 0 saturated carbocycles. The van der Waals surface area contributed by atoms with Crippen LogP contribution in [-0.2, 0) is 12.8 Å². The van der Waals surface area contributed by atoms with E-state index in [-0.39, 0.29) is 5.91 Å². The summed E-state index contributed by atoms with van der Waals surface area (Å²) in [5.41, 5.74) is 4.08. The Bertz CT molecular complexity index is 569. The van der Waals surface area contributed by atoms with Gasteiger partial charge in [0.15, 0.2) is 0 Å². The zero-order valence-electron chi connectivity index (χ0n) is 9.81. The normalized spacial score (nSPS) is 13.7. The molecule has 3 rings (SSSR count). The van der Waals surface area contributed by atoms with Crippen LogP contribution in [0.2, 0.25) is 0 Å². The quantitative estimate of drug-likeness (QED) is 0.748. The van der Waals surface area contributed by atoms with Crippen LogP contribution >= 0.6 is 0 Å². The first kappa shape index (κ1) is 10.3. The van der Waals surface area contributed by atoms with E-state index in [1.165, 1.54) is 5.56 Å². The molecule has 0 unspecified atom stereocenters. The third kappa shape index (κ3) is 1.58. The van der Waals surface area contributed by atoms with Crippen molar-refractivity contribution in [2.24, 2.45) is 0 Å². The molecule has 0 amide bonds. The van der Waals surface area contributed by atoms with Crippen LogP contribution in [-0.4, -0.2) is 15.7 Å². The van der Waals surface area contributed by atoms with Gasteiger partial charge in [-0.15, -0.1) is 0 Å². The smallest absolute Gasteiger partial charge is 0.267 e. The van der Waals surface area contributed by atoms with Crippen LogP contribution < -0.4 is 0 Å². The Labute approximate surface area is 100 Å². The van der Waals surface area contributed by atoms with Gasteiger partial charge in [-0.1, -0.05) is 18.2 Å². The molecule has 0 fully saturated rings. The second-order valence-electron chi connectivity index (χ2n) is 4.45. The molecular weight excluding hydrogens is 212 g/mol. The van der Waals surface area contributed by atoms with Crippen molar-refractivity contribution in [3.05, 3.63) is 52.8 Å². The Kier molecular flexibility index (Phi) is 2.32. The predicted molar refractivity (Wildman–Crippen MR) is 65.2 cm³/mol. The molecule has 0 atom stereocenters. The monoisotopic (exact) mass is 226 g/mol. The largest absolute Gasteiger partial charge is 0.278 e. The molecule has 0 aliphatic heterocycles. The van der Waals surface area contributed by atoms with E-state index in [1.807, 2.05) is 37.3 Å². The van der Waals surface area contributed by atoms with Crippen LogP contribution in [0, 0.1) is 6.92 Å². The number of rotatable bonds is 1. The van der Waals surface area contributed by atoms with Gasteiger partial charge >= 0.3 is 0 Å². The highest BCUT2D eigenvalue weighted by molar-refractivity contribution is 5.96. The fourth-order valence-corrected chi connectivity index (χ4v) is 2.49. The fourth-order valence-electron chi connectivity index (χ4n) is 2.49.